The van der Waals surface area contributed by atoms with Gasteiger partial charge in [0, 0.05) is 16.1 Å². The van der Waals surface area contributed by atoms with Crippen molar-refractivity contribution in [1.82, 2.24) is 0 Å². The second kappa shape index (κ2) is 3.84. The third kappa shape index (κ3) is 1.41. The van der Waals surface area contributed by atoms with Gasteiger partial charge in [0.2, 0.25) is 0 Å². The number of halogens is 1. The fraction of sp³-hybridized carbons (Fsp3) is 0.0588. The Kier molecular flexibility index (Phi) is 2.24. The van der Waals surface area contributed by atoms with Crippen molar-refractivity contribution in [2.75, 3.05) is 0 Å². The van der Waals surface area contributed by atoms with Gasteiger partial charge in [0.15, 0.2) is 0 Å². The lowest BCUT2D eigenvalue weighted by atomic mass is 9.92. The second-order valence-electron chi connectivity index (χ2n) is 4.87. The van der Waals surface area contributed by atoms with Crippen molar-refractivity contribution in [1.29, 1.82) is 0 Å². The van der Waals surface area contributed by atoms with E-state index in [9.17, 15) is 5.11 Å². The molecule has 1 N–H and O–H groups in total. The average Bonchev–Trinajstić information content (AvgIpc) is 2.46. The zero-order valence-corrected chi connectivity index (χ0v) is 11.7. The Balaban J connectivity index is 2.39. The maximum atomic E-state index is 10.1. The summed E-state index contributed by atoms with van der Waals surface area (Å²) in [4.78, 5) is 0. The summed E-state index contributed by atoms with van der Waals surface area (Å²) in [7, 11) is 0. The summed E-state index contributed by atoms with van der Waals surface area (Å²) >= 11 is 3.55. The molecule has 4 rings (SSSR count). The van der Waals surface area contributed by atoms with Crippen LogP contribution in [-0.2, 0) is 5.33 Å². The van der Waals surface area contributed by atoms with E-state index in [-0.39, 0.29) is 0 Å². The molecule has 0 aliphatic heterocycles. The van der Waals surface area contributed by atoms with Crippen LogP contribution in [0.4, 0.5) is 0 Å². The zero-order chi connectivity index (χ0) is 13.0. The van der Waals surface area contributed by atoms with Gasteiger partial charge >= 0.3 is 0 Å². The van der Waals surface area contributed by atoms with Gasteiger partial charge in [-0.1, -0.05) is 58.4 Å². The zero-order valence-electron chi connectivity index (χ0n) is 10.2. The number of hydrogen-bond acceptors (Lipinski definition) is 1. The maximum Gasteiger partial charge on any atom is 0.123 e. The molecular formula is C17H11BrO. The number of alkyl halides is 1. The Hall–Kier alpha value is -1.80. The number of aromatic hydroxyl groups is 1. The summed E-state index contributed by atoms with van der Waals surface area (Å²) in [6, 6.07) is 16.5. The predicted octanol–water partition coefficient (Wildman–Crippen LogP) is 5.18. The first kappa shape index (κ1) is 11.1. The Bertz CT molecular complexity index is 911. The minimum absolute atomic E-state index is 0.353. The van der Waals surface area contributed by atoms with Crippen molar-refractivity contribution in [3.63, 3.8) is 0 Å². The molecule has 19 heavy (non-hydrogen) atoms. The highest BCUT2D eigenvalue weighted by atomic mass is 79.9. The Morgan fingerprint density at radius 2 is 1.32 bits per heavy atom. The van der Waals surface area contributed by atoms with E-state index in [2.05, 4.69) is 46.3 Å². The van der Waals surface area contributed by atoms with Gasteiger partial charge in [0.1, 0.15) is 5.75 Å². The van der Waals surface area contributed by atoms with Crippen LogP contribution in [0.3, 0.4) is 0 Å². The van der Waals surface area contributed by atoms with Crippen molar-refractivity contribution in [3.8, 4) is 5.75 Å². The van der Waals surface area contributed by atoms with E-state index in [1.54, 1.807) is 6.07 Å². The highest BCUT2D eigenvalue weighted by molar-refractivity contribution is 9.08. The molecule has 0 heterocycles. The molecule has 0 amide bonds. The molecule has 0 spiro atoms. The summed E-state index contributed by atoms with van der Waals surface area (Å²) in [6.45, 7) is 0. The summed E-state index contributed by atoms with van der Waals surface area (Å²) in [5, 5.41) is 17.9. The topological polar surface area (TPSA) is 20.2 Å². The number of phenolic OH excluding ortho intramolecular Hbond substituents is 1. The van der Waals surface area contributed by atoms with E-state index >= 15 is 0 Å². The molecule has 4 aromatic rings. The molecule has 4 aromatic carbocycles. The molecule has 0 radical (unpaired) electrons. The molecule has 92 valence electrons. The van der Waals surface area contributed by atoms with E-state index < -0.39 is 0 Å². The van der Waals surface area contributed by atoms with Gasteiger partial charge in [-0.25, -0.2) is 0 Å². The van der Waals surface area contributed by atoms with E-state index in [0.29, 0.717) is 5.75 Å². The molecule has 0 fully saturated rings. The van der Waals surface area contributed by atoms with E-state index in [4.69, 9.17) is 0 Å². The number of rotatable bonds is 1. The van der Waals surface area contributed by atoms with Crippen LogP contribution < -0.4 is 0 Å². The summed E-state index contributed by atoms with van der Waals surface area (Å²) < 4.78 is 0. The third-order valence-electron chi connectivity index (χ3n) is 3.88. The predicted molar refractivity (Wildman–Crippen MR) is 84.4 cm³/mol. The van der Waals surface area contributed by atoms with E-state index in [1.165, 1.54) is 27.1 Å². The summed E-state index contributed by atoms with van der Waals surface area (Å²) in [6.07, 6.45) is 0. The second-order valence-corrected chi connectivity index (χ2v) is 5.43. The maximum absolute atomic E-state index is 10.1. The molecule has 2 heteroatoms. The van der Waals surface area contributed by atoms with Crippen molar-refractivity contribution in [2.24, 2.45) is 0 Å². The first-order valence-electron chi connectivity index (χ1n) is 6.24. The van der Waals surface area contributed by atoms with Gasteiger partial charge in [-0.3, -0.25) is 0 Å². The van der Waals surface area contributed by atoms with Crippen molar-refractivity contribution < 1.29 is 5.11 Å². The van der Waals surface area contributed by atoms with Gasteiger partial charge in [0.25, 0.3) is 0 Å². The number of phenols is 1. The molecule has 0 aromatic heterocycles. The van der Waals surface area contributed by atoms with Crippen LogP contribution in [0.2, 0.25) is 0 Å². The molecule has 0 aliphatic rings. The minimum Gasteiger partial charge on any atom is -0.507 e. The smallest absolute Gasteiger partial charge is 0.123 e. The van der Waals surface area contributed by atoms with Gasteiger partial charge in [-0.15, -0.1) is 0 Å². The molecule has 1 nitrogen and oxygen atoms in total. The van der Waals surface area contributed by atoms with Crippen LogP contribution in [0.1, 0.15) is 5.56 Å². The summed E-state index contributed by atoms with van der Waals surface area (Å²) in [5.41, 5.74) is 1.28. The Morgan fingerprint density at radius 3 is 2.05 bits per heavy atom. The lowest BCUT2D eigenvalue weighted by Gasteiger charge is -2.13. The first-order chi connectivity index (χ1) is 9.29. The largest absolute Gasteiger partial charge is 0.507 e. The van der Waals surface area contributed by atoms with Crippen LogP contribution in [0.25, 0.3) is 32.3 Å². The number of hydrogen-bond donors (Lipinski definition) is 1. The standard InChI is InChI=1S/C17H11BrO/c18-9-12-2-1-10-4-7-14-15(19)8-5-11-3-6-13(12)16(10)17(11)14/h1-8,19H,9H2. The molecule has 0 unspecified atom stereocenters. The van der Waals surface area contributed by atoms with Crippen LogP contribution in [0.5, 0.6) is 5.75 Å². The molecule has 0 saturated heterocycles. The molecular weight excluding hydrogens is 300 g/mol. The van der Waals surface area contributed by atoms with Crippen LogP contribution in [0, 0.1) is 0 Å². The Morgan fingerprint density at radius 1 is 0.737 bits per heavy atom. The minimum atomic E-state index is 0.353. The lowest BCUT2D eigenvalue weighted by molar-refractivity contribution is 0.482. The fourth-order valence-corrected chi connectivity index (χ4v) is 3.45. The van der Waals surface area contributed by atoms with Gasteiger partial charge in [-0.2, -0.15) is 0 Å². The fourth-order valence-electron chi connectivity index (χ4n) is 2.96. The monoisotopic (exact) mass is 310 g/mol. The van der Waals surface area contributed by atoms with Gasteiger partial charge < -0.3 is 5.11 Å². The van der Waals surface area contributed by atoms with Gasteiger partial charge in [-0.05, 0) is 33.2 Å². The molecule has 0 bridgehead atoms. The third-order valence-corrected chi connectivity index (χ3v) is 4.48. The first-order valence-corrected chi connectivity index (χ1v) is 7.36. The highest BCUT2D eigenvalue weighted by Crippen LogP contribution is 2.39. The normalized spacial score (nSPS) is 11.8. The van der Waals surface area contributed by atoms with E-state index in [1.807, 2.05) is 12.1 Å². The SMILES string of the molecule is Oc1ccc2ccc3c(CBr)ccc4ccc1c2c43. The average molecular weight is 311 g/mol. The van der Waals surface area contributed by atoms with E-state index in [0.717, 1.165) is 16.1 Å². The lowest BCUT2D eigenvalue weighted by Crippen LogP contribution is -1.87. The van der Waals surface area contributed by atoms with Crippen molar-refractivity contribution >= 4 is 48.2 Å². The summed E-state index contributed by atoms with van der Waals surface area (Å²) in [5.74, 6) is 0.353. The highest BCUT2D eigenvalue weighted by Gasteiger charge is 2.11. The van der Waals surface area contributed by atoms with Crippen LogP contribution >= 0.6 is 15.9 Å². The number of benzene rings is 4. The molecule has 0 saturated carbocycles. The quantitative estimate of drug-likeness (QED) is 0.379. The van der Waals surface area contributed by atoms with Crippen molar-refractivity contribution in [3.05, 3.63) is 54.1 Å². The Labute approximate surface area is 118 Å². The molecule has 0 aliphatic carbocycles. The van der Waals surface area contributed by atoms with Crippen LogP contribution in [-0.4, -0.2) is 5.11 Å². The van der Waals surface area contributed by atoms with Gasteiger partial charge in [0.05, 0.1) is 0 Å². The molecule has 0 atom stereocenters. The van der Waals surface area contributed by atoms with Crippen LogP contribution in [0.15, 0.2) is 48.5 Å². The van der Waals surface area contributed by atoms with Crippen molar-refractivity contribution in [2.45, 2.75) is 5.33 Å².